The molecule has 0 N–H and O–H groups in total. The van der Waals surface area contributed by atoms with Crippen LogP contribution in [-0.4, -0.2) is 48.9 Å². The second kappa shape index (κ2) is 10.3. The highest BCUT2D eigenvalue weighted by molar-refractivity contribution is 6.30. The molecule has 0 saturated carbocycles. The first-order valence-corrected chi connectivity index (χ1v) is 10.2. The first-order valence-electron chi connectivity index (χ1n) is 9.81. The number of carbonyl (C=O) groups is 2. The molecule has 8 heteroatoms. The Morgan fingerprint density at radius 1 is 1.34 bits per heavy atom. The van der Waals surface area contributed by atoms with Crippen molar-refractivity contribution in [3.8, 4) is 0 Å². The fraction of sp³-hybridized carbons (Fsp3) is 0.619. The normalized spacial score (nSPS) is 18.3. The summed E-state index contributed by atoms with van der Waals surface area (Å²) in [6, 6.07) is 4.68. The van der Waals surface area contributed by atoms with E-state index in [0.29, 0.717) is 25.9 Å². The van der Waals surface area contributed by atoms with Crippen molar-refractivity contribution in [2.24, 2.45) is 5.92 Å². The molecular formula is C21H29ClFNO5. The second-order valence-corrected chi connectivity index (χ2v) is 8.42. The minimum atomic E-state index is -0.747. The van der Waals surface area contributed by atoms with Crippen LogP contribution in [0.2, 0.25) is 5.02 Å². The Morgan fingerprint density at radius 3 is 2.72 bits per heavy atom. The fourth-order valence-electron chi connectivity index (χ4n) is 3.33. The summed E-state index contributed by atoms with van der Waals surface area (Å²) in [5.41, 5.74) is -0.346. The molecule has 0 aliphatic carbocycles. The van der Waals surface area contributed by atoms with Gasteiger partial charge in [0.2, 0.25) is 0 Å². The van der Waals surface area contributed by atoms with E-state index < -0.39 is 29.6 Å². The van der Waals surface area contributed by atoms with Crippen molar-refractivity contribution in [2.45, 2.75) is 52.2 Å². The highest BCUT2D eigenvalue weighted by Crippen LogP contribution is 2.36. The van der Waals surface area contributed by atoms with E-state index in [0.717, 1.165) is 0 Å². The van der Waals surface area contributed by atoms with Crippen LogP contribution < -0.4 is 0 Å². The molecule has 6 nitrogen and oxygen atoms in total. The lowest BCUT2D eigenvalue weighted by molar-refractivity contribution is -0.152. The van der Waals surface area contributed by atoms with Crippen molar-refractivity contribution in [3.05, 3.63) is 34.6 Å². The number of rotatable bonds is 6. The van der Waals surface area contributed by atoms with Gasteiger partial charge in [-0.05, 0) is 46.6 Å². The van der Waals surface area contributed by atoms with Crippen molar-refractivity contribution in [1.82, 2.24) is 4.90 Å². The smallest absolute Gasteiger partial charge is 0.410 e. The van der Waals surface area contributed by atoms with E-state index >= 15 is 0 Å². The van der Waals surface area contributed by atoms with E-state index in [2.05, 4.69) is 0 Å². The van der Waals surface area contributed by atoms with Gasteiger partial charge in [0.05, 0.1) is 17.7 Å². The first-order chi connectivity index (χ1) is 13.6. The maximum atomic E-state index is 14.7. The monoisotopic (exact) mass is 429 g/mol. The molecular weight excluding hydrogens is 401 g/mol. The minimum absolute atomic E-state index is 0.0213. The van der Waals surface area contributed by atoms with E-state index in [4.69, 9.17) is 25.8 Å². The molecule has 1 aliphatic rings. The van der Waals surface area contributed by atoms with Crippen molar-refractivity contribution in [3.63, 3.8) is 0 Å². The van der Waals surface area contributed by atoms with Gasteiger partial charge in [0.25, 0.3) is 0 Å². The van der Waals surface area contributed by atoms with Crippen LogP contribution in [-0.2, 0) is 19.0 Å². The Labute approximate surface area is 176 Å². The Kier molecular flexibility index (Phi) is 8.28. The van der Waals surface area contributed by atoms with Crippen LogP contribution in [0.15, 0.2) is 18.2 Å². The Hall–Kier alpha value is -1.86. The van der Waals surface area contributed by atoms with Gasteiger partial charge in [0.15, 0.2) is 0 Å². The van der Waals surface area contributed by atoms with Crippen LogP contribution >= 0.6 is 11.6 Å². The number of carbonyl (C=O) groups excluding carboxylic acids is 2. The molecule has 1 aromatic rings. The van der Waals surface area contributed by atoms with E-state index in [-0.39, 0.29) is 29.7 Å². The van der Waals surface area contributed by atoms with Crippen LogP contribution in [0, 0.1) is 11.7 Å². The SMILES string of the molecule is CCOC(=O)COC(c1cccc(Cl)c1F)C1CCCN(C(=O)OC(C)(C)C)C1. The van der Waals surface area contributed by atoms with Gasteiger partial charge >= 0.3 is 12.1 Å². The molecule has 2 rings (SSSR count). The molecule has 0 spiro atoms. The van der Waals surface area contributed by atoms with Crippen molar-refractivity contribution >= 4 is 23.7 Å². The summed E-state index contributed by atoms with van der Waals surface area (Å²) in [5, 5.41) is -0.0213. The first kappa shape index (κ1) is 23.4. The van der Waals surface area contributed by atoms with Gasteiger partial charge in [-0.1, -0.05) is 23.7 Å². The number of piperidine rings is 1. The van der Waals surface area contributed by atoms with Gasteiger partial charge in [-0.2, -0.15) is 0 Å². The zero-order chi connectivity index (χ0) is 21.6. The summed E-state index contributed by atoms with van der Waals surface area (Å²) in [7, 11) is 0. The average Bonchev–Trinajstić information content (AvgIpc) is 2.64. The average molecular weight is 430 g/mol. The lowest BCUT2D eigenvalue weighted by Gasteiger charge is -2.37. The number of likely N-dealkylation sites (tertiary alicyclic amines) is 1. The Balaban J connectivity index is 2.21. The number of hydrogen-bond acceptors (Lipinski definition) is 5. The molecule has 1 fully saturated rings. The Bertz CT molecular complexity index is 722. The van der Waals surface area contributed by atoms with E-state index in [1.54, 1.807) is 44.7 Å². The fourth-order valence-corrected chi connectivity index (χ4v) is 3.51. The van der Waals surface area contributed by atoms with Crippen LogP contribution in [0.3, 0.4) is 0 Å². The van der Waals surface area contributed by atoms with Crippen LogP contribution in [0.5, 0.6) is 0 Å². The second-order valence-electron chi connectivity index (χ2n) is 8.01. The number of benzene rings is 1. The number of nitrogens with zero attached hydrogens (tertiary/aromatic N) is 1. The highest BCUT2D eigenvalue weighted by atomic mass is 35.5. The van der Waals surface area contributed by atoms with E-state index in [1.165, 1.54) is 6.07 Å². The summed E-state index contributed by atoms with van der Waals surface area (Å²) in [6.07, 6.45) is 0.255. The number of hydrogen-bond donors (Lipinski definition) is 0. The number of esters is 1. The molecule has 0 radical (unpaired) electrons. The largest absolute Gasteiger partial charge is 0.464 e. The summed E-state index contributed by atoms with van der Waals surface area (Å²) >= 11 is 5.95. The summed E-state index contributed by atoms with van der Waals surface area (Å²) in [6.45, 7) is 7.91. The lowest BCUT2D eigenvalue weighted by atomic mass is 9.88. The van der Waals surface area contributed by atoms with Gasteiger partial charge in [0.1, 0.15) is 18.0 Å². The molecule has 1 aromatic carbocycles. The van der Waals surface area contributed by atoms with Crippen LogP contribution in [0.25, 0.3) is 0 Å². The summed E-state index contributed by atoms with van der Waals surface area (Å²) < 4.78 is 30.9. The minimum Gasteiger partial charge on any atom is -0.464 e. The summed E-state index contributed by atoms with van der Waals surface area (Å²) in [5.74, 6) is -1.34. The Morgan fingerprint density at radius 2 is 2.07 bits per heavy atom. The standard InChI is InChI=1S/C21H29ClFNO5/c1-5-27-17(25)13-28-19(15-9-6-10-16(22)18(15)23)14-8-7-11-24(12-14)20(26)29-21(2,3)4/h6,9-10,14,19H,5,7-8,11-13H2,1-4H3. The zero-order valence-electron chi connectivity index (χ0n) is 17.4. The number of halogens is 2. The number of amides is 1. The predicted octanol–water partition coefficient (Wildman–Crippen LogP) is 4.75. The van der Waals surface area contributed by atoms with Gasteiger partial charge < -0.3 is 19.1 Å². The highest BCUT2D eigenvalue weighted by Gasteiger charge is 2.35. The topological polar surface area (TPSA) is 65.1 Å². The quantitative estimate of drug-likeness (QED) is 0.610. The molecule has 1 heterocycles. The van der Waals surface area contributed by atoms with E-state index in [9.17, 15) is 14.0 Å². The summed E-state index contributed by atoms with van der Waals surface area (Å²) in [4.78, 5) is 25.9. The molecule has 1 aliphatic heterocycles. The van der Waals surface area contributed by atoms with Gasteiger partial charge in [-0.3, -0.25) is 0 Å². The van der Waals surface area contributed by atoms with Crippen molar-refractivity contribution in [1.29, 1.82) is 0 Å². The zero-order valence-corrected chi connectivity index (χ0v) is 18.1. The molecule has 29 heavy (non-hydrogen) atoms. The third kappa shape index (κ3) is 6.85. The molecule has 1 saturated heterocycles. The molecule has 2 atom stereocenters. The van der Waals surface area contributed by atoms with Crippen LogP contribution in [0.4, 0.5) is 9.18 Å². The molecule has 0 aromatic heterocycles. The van der Waals surface area contributed by atoms with Gasteiger partial charge in [-0.25, -0.2) is 14.0 Å². The van der Waals surface area contributed by atoms with Crippen molar-refractivity contribution < 1.29 is 28.2 Å². The molecule has 2 unspecified atom stereocenters. The van der Waals surface area contributed by atoms with E-state index in [1.807, 2.05) is 0 Å². The molecule has 0 bridgehead atoms. The third-order valence-corrected chi connectivity index (χ3v) is 4.80. The van der Waals surface area contributed by atoms with Crippen molar-refractivity contribution in [2.75, 3.05) is 26.3 Å². The number of ether oxygens (including phenoxy) is 3. The molecule has 162 valence electrons. The van der Waals surface area contributed by atoms with Crippen LogP contribution in [0.1, 0.15) is 52.2 Å². The van der Waals surface area contributed by atoms with Gasteiger partial charge in [-0.15, -0.1) is 0 Å². The third-order valence-electron chi connectivity index (χ3n) is 4.51. The maximum Gasteiger partial charge on any atom is 0.410 e. The van der Waals surface area contributed by atoms with Gasteiger partial charge in [0, 0.05) is 24.6 Å². The maximum absolute atomic E-state index is 14.7. The predicted molar refractivity (Wildman–Crippen MR) is 107 cm³/mol. The lowest BCUT2D eigenvalue weighted by Crippen LogP contribution is -2.44. The molecule has 1 amide bonds.